The quantitative estimate of drug-likeness (QED) is 0.663. The van der Waals surface area contributed by atoms with Crippen molar-refractivity contribution in [2.24, 2.45) is 16.7 Å². The molecule has 0 aliphatic heterocycles. The molecule has 13 heavy (non-hydrogen) atoms. The topological polar surface area (TPSA) is 20.2 Å². The molecular formula is C12H24O. The van der Waals surface area contributed by atoms with Crippen molar-refractivity contribution < 1.29 is 5.11 Å². The van der Waals surface area contributed by atoms with Gasteiger partial charge in [0.15, 0.2) is 0 Å². The van der Waals surface area contributed by atoms with E-state index in [1.807, 2.05) is 0 Å². The zero-order valence-electron chi connectivity index (χ0n) is 9.72. The summed E-state index contributed by atoms with van der Waals surface area (Å²) in [6.07, 6.45) is 3.27. The second kappa shape index (κ2) is 3.27. The van der Waals surface area contributed by atoms with Crippen molar-refractivity contribution in [3.8, 4) is 0 Å². The van der Waals surface area contributed by atoms with Crippen LogP contribution in [0.25, 0.3) is 0 Å². The van der Waals surface area contributed by atoms with Gasteiger partial charge in [0.2, 0.25) is 0 Å². The lowest BCUT2D eigenvalue weighted by Crippen LogP contribution is -2.42. The second-order valence-corrected chi connectivity index (χ2v) is 6.02. The average Bonchev–Trinajstić information content (AvgIpc) is 1.98. The van der Waals surface area contributed by atoms with Crippen LogP contribution < -0.4 is 0 Å². The molecule has 1 aliphatic rings. The van der Waals surface area contributed by atoms with E-state index >= 15 is 0 Å². The van der Waals surface area contributed by atoms with Gasteiger partial charge in [0.25, 0.3) is 0 Å². The van der Waals surface area contributed by atoms with Crippen molar-refractivity contribution in [2.45, 2.75) is 60.0 Å². The van der Waals surface area contributed by atoms with Gasteiger partial charge < -0.3 is 5.11 Å². The van der Waals surface area contributed by atoms with Crippen LogP contribution in [0.2, 0.25) is 0 Å². The maximum Gasteiger partial charge on any atom is 0.0596 e. The minimum Gasteiger partial charge on any atom is -0.393 e. The van der Waals surface area contributed by atoms with Gasteiger partial charge in [-0.3, -0.25) is 0 Å². The summed E-state index contributed by atoms with van der Waals surface area (Å²) in [7, 11) is 0. The van der Waals surface area contributed by atoms with Crippen LogP contribution in [0.15, 0.2) is 0 Å². The SMILES string of the molecule is CC(C)C1(C)CCC(C)(C)[C@@H](O)C1. The Morgan fingerprint density at radius 2 is 1.69 bits per heavy atom. The summed E-state index contributed by atoms with van der Waals surface area (Å²) in [4.78, 5) is 0. The maximum absolute atomic E-state index is 10.0. The highest BCUT2D eigenvalue weighted by atomic mass is 16.3. The standard InChI is InChI=1S/C12H24O/c1-9(2)12(5)7-6-11(3,4)10(13)8-12/h9-10,13H,6-8H2,1-5H3/t10-,12?/m0/s1. The molecule has 0 aromatic rings. The van der Waals surface area contributed by atoms with E-state index in [4.69, 9.17) is 0 Å². The van der Waals surface area contributed by atoms with Crippen molar-refractivity contribution in [2.75, 3.05) is 0 Å². The lowest BCUT2D eigenvalue weighted by molar-refractivity contribution is -0.0538. The molecule has 1 nitrogen and oxygen atoms in total. The van der Waals surface area contributed by atoms with Crippen molar-refractivity contribution in [1.29, 1.82) is 0 Å². The van der Waals surface area contributed by atoms with E-state index in [0.717, 1.165) is 12.8 Å². The van der Waals surface area contributed by atoms with Crippen molar-refractivity contribution in [1.82, 2.24) is 0 Å². The third kappa shape index (κ3) is 2.07. The molecule has 1 fully saturated rings. The zero-order chi connectivity index (χ0) is 10.3. The van der Waals surface area contributed by atoms with Crippen LogP contribution in [0.3, 0.4) is 0 Å². The van der Waals surface area contributed by atoms with E-state index in [9.17, 15) is 5.11 Å². The van der Waals surface area contributed by atoms with Gasteiger partial charge in [-0.25, -0.2) is 0 Å². The molecule has 0 aromatic heterocycles. The first-order valence-corrected chi connectivity index (χ1v) is 5.46. The van der Waals surface area contributed by atoms with E-state index in [1.165, 1.54) is 6.42 Å². The molecular weight excluding hydrogens is 160 g/mol. The number of aliphatic hydroxyl groups is 1. The largest absolute Gasteiger partial charge is 0.393 e. The van der Waals surface area contributed by atoms with Crippen LogP contribution in [-0.2, 0) is 0 Å². The molecule has 0 saturated heterocycles. The third-order valence-corrected chi connectivity index (χ3v) is 4.30. The molecule has 0 aromatic carbocycles. The van der Waals surface area contributed by atoms with Gasteiger partial charge in [0.05, 0.1) is 6.10 Å². The van der Waals surface area contributed by atoms with Crippen LogP contribution in [-0.4, -0.2) is 11.2 Å². The van der Waals surface area contributed by atoms with Gasteiger partial charge in [0.1, 0.15) is 0 Å². The van der Waals surface area contributed by atoms with E-state index in [-0.39, 0.29) is 11.5 Å². The summed E-state index contributed by atoms with van der Waals surface area (Å²) in [5.74, 6) is 0.679. The fourth-order valence-electron chi connectivity index (χ4n) is 2.12. The molecule has 0 amide bonds. The smallest absolute Gasteiger partial charge is 0.0596 e. The Kier molecular flexibility index (Phi) is 2.78. The Morgan fingerprint density at radius 3 is 2.08 bits per heavy atom. The van der Waals surface area contributed by atoms with Gasteiger partial charge in [-0.2, -0.15) is 0 Å². The van der Waals surface area contributed by atoms with Gasteiger partial charge in [-0.15, -0.1) is 0 Å². The van der Waals surface area contributed by atoms with Crippen molar-refractivity contribution >= 4 is 0 Å². The predicted octanol–water partition coefficient (Wildman–Crippen LogP) is 3.22. The summed E-state index contributed by atoms with van der Waals surface area (Å²) in [6.45, 7) is 11.2. The molecule has 1 saturated carbocycles. The number of aliphatic hydroxyl groups excluding tert-OH is 1. The monoisotopic (exact) mass is 184 g/mol. The van der Waals surface area contributed by atoms with Crippen molar-refractivity contribution in [3.63, 3.8) is 0 Å². The Bertz CT molecular complexity index is 184. The second-order valence-electron chi connectivity index (χ2n) is 6.02. The van der Waals surface area contributed by atoms with Crippen molar-refractivity contribution in [3.05, 3.63) is 0 Å². The van der Waals surface area contributed by atoms with Crippen LogP contribution in [0.4, 0.5) is 0 Å². The zero-order valence-corrected chi connectivity index (χ0v) is 9.72. The summed E-state index contributed by atoms with van der Waals surface area (Å²) < 4.78 is 0. The highest BCUT2D eigenvalue weighted by Gasteiger charge is 2.42. The minimum absolute atomic E-state index is 0.117. The summed E-state index contributed by atoms with van der Waals surface area (Å²) in [6, 6.07) is 0. The fourth-order valence-corrected chi connectivity index (χ4v) is 2.12. The third-order valence-electron chi connectivity index (χ3n) is 4.30. The molecule has 78 valence electrons. The van der Waals surface area contributed by atoms with E-state index in [2.05, 4.69) is 34.6 Å². The first kappa shape index (κ1) is 11.0. The van der Waals surface area contributed by atoms with Crippen LogP contribution in [0, 0.1) is 16.7 Å². The Hall–Kier alpha value is -0.0400. The molecule has 0 bridgehead atoms. The number of rotatable bonds is 1. The minimum atomic E-state index is -0.117. The first-order chi connectivity index (χ1) is 5.78. The maximum atomic E-state index is 10.0. The summed E-state index contributed by atoms with van der Waals surface area (Å²) in [5.41, 5.74) is 0.489. The van der Waals surface area contributed by atoms with E-state index in [1.54, 1.807) is 0 Å². The molecule has 1 aliphatic carbocycles. The molecule has 1 N–H and O–H groups in total. The van der Waals surface area contributed by atoms with Gasteiger partial charge in [0, 0.05) is 0 Å². The molecule has 1 heteroatoms. The van der Waals surface area contributed by atoms with Gasteiger partial charge in [-0.05, 0) is 36.0 Å². The van der Waals surface area contributed by atoms with Gasteiger partial charge in [-0.1, -0.05) is 34.6 Å². The first-order valence-electron chi connectivity index (χ1n) is 5.46. The van der Waals surface area contributed by atoms with E-state index in [0.29, 0.717) is 11.3 Å². The van der Waals surface area contributed by atoms with Crippen LogP contribution >= 0.6 is 0 Å². The Morgan fingerprint density at radius 1 is 1.15 bits per heavy atom. The molecule has 2 atom stereocenters. The number of hydrogen-bond donors (Lipinski definition) is 1. The molecule has 1 rings (SSSR count). The highest BCUT2D eigenvalue weighted by molar-refractivity contribution is 4.93. The summed E-state index contributed by atoms with van der Waals surface area (Å²) >= 11 is 0. The fraction of sp³-hybridized carbons (Fsp3) is 1.00. The highest BCUT2D eigenvalue weighted by Crippen LogP contribution is 2.48. The predicted molar refractivity (Wildman–Crippen MR) is 56.6 cm³/mol. The Labute approximate surface area is 82.5 Å². The molecule has 0 radical (unpaired) electrons. The molecule has 0 heterocycles. The normalized spacial score (nSPS) is 39.5. The summed E-state index contributed by atoms with van der Waals surface area (Å²) in [5, 5.41) is 10.0. The molecule has 0 spiro atoms. The van der Waals surface area contributed by atoms with E-state index < -0.39 is 0 Å². The lowest BCUT2D eigenvalue weighted by Gasteiger charge is -2.47. The van der Waals surface area contributed by atoms with Crippen LogP contribution in [0.5, 0.6) is 0 Å². The van der Waals surface area contributed by atoms with Crippen LogP contribution in [0.1, 0.15) is 53.9 Å². The van der Waals surface area contributed by atoms with Gasteiger partial charge >= 0.3 is 0 Å². The lowest BCUT2D eigenvalue weighted by atomic mass is 9.60. The number of hydrogen-bond acceptors (Lipinski definition) is 1. The Balaban J connectivity index is 2.70. The molecule has 1 unspecified atom stereocenters. The average molecular weight is 184 g/mol.